The Hall–Kier alpha value is -3.42. The van der Waals surface area contributed by atoms with Gasteiger partial charge in [-0.05, 0) is 61.1 Å². The van der Waals surface area contributed by atoms with Gasteiger partial charge in [-0.2, -0.15) is 4.31 Å². The first-order chi connectivity index (χ1) is 20.6. The number of thiophene rings is 1. The molecule has 9 nitrogen and oxygen atoms in total. The maximum Gasteiger partial charge on any atom is 0.348 e. The van der Waals surface area contributed by atoms with Gasteiger partial charge in [-0.15, -0.1) is 11.3 Å². The fourth-order valence-electron chi connectivity index (χ4n) is 6.40. The second-order valence-electron chi connectivity index (χ2n) is 11.3. The average molecular weight is 631 g/mol. The number of halogens is 2. The van der Waals surface area contributed by atoms with E-state index < -0.39 is 46.5 Å². The first-order valence-corrected chi connectivity index (χ1v) is 16.7. The Balaban J connectivity index is 1.33. The first-order valence-electron chi connectivity index (χ1n) is 14.4. The van der Waals surface area contributed by atoms with Gasteiger partial charge >= 0.3 is 5.97 Å². The van der Waals surface area contributed by atoms with Crippen LogP contribution >= 0.6 is 11.3 Å². The monoisotopic (exact) mass is 630 g/mol. The molecule has 2 atom stereocenters. The van der Waals surface area contributed by atoms with Gasteiger partial charge in [0.2, 0.25) is 15.9 Å². The van der Waals surface area contributed by atoms with Crippen LogP contribution in [0.3, 0.4) is 0 Å². The van der Waals surface area contributed by atoms with Gasteiger partial charge in [0.15, 0.2) is 0 Å². The van der Waals surface area contributed by atoms with Crippen molar-refractivity contribution < 1.29 is 31.9 Å². The molecule has 0 radical (unpaired) electrons. The number of sulfonamides is 1. The number of aromatic nitrogens is 1. The number of hydrogen-bond acceptors (Lipinski definition) is 7. The number of aromatic carboxylic acids is 1. The van der Waals surface area contributed by atoms with Crippen LogP contribution in [-0.4, -0.2) is 73.1 Å². The van der Waals surface area contributed by atoms with Gasteiger partial charge in [0.05, 0.1) is 24.8 Å². The van der Waals surface area contributed by atoms with Gasteiger partial charge < -0.3 is 14.9 Å². The van der Waals surface area contributed by atoms with Crippen molar-refractivity contribution in [2.75, 3.05) is 36.0 Å². The van der Waals surface area contributed by atoms with Crippen LogP contribution in [0.2, 0.25) is 0 Å². The highest BCUT2D eigenvalue weighted by Gasteiger charge is 2.44. The molecule has 1 N–H and O–H groups in total. The number of piperazine rings is 1. The highest BCUT2D eigenvalue weighted by molar-refractivity contribution is 7.89. The van der Waals surface area contributed by atoms with E-state index in [0.717, 1.165) is 43.4 Å². The lowest BCUT2D eigenvalue weighted by Gasteiger charge is -2.44. The molecule has 13 heteroatoms. The van der Waals surface area contributed by atoms with Crippen molar-refractivity contribution in [1.82, 2.24) is 9.29 Å². The summed E-state index contributed by atoms with van der Waals surface area (Å²) in [6.07, 6.45) is 5.21. The zero-order valence-electron chi connectivity index (χ0n) is 23.4. The van der Waals surface area contributed by atoms with Gasteiger partial charge in [0, 0.05) is 24.2 Å². The third kappa shape index (κ3) is 5.89. The van der Waals surface area contributed by atoms with E-state index >= 15 is 0 Å². The van der Waals surface area contributed by atoms with Crippen molar-refractivity contribution >= 4 is 44.7 Å². The summed E-state index contributed by atoms with van der Waals surface area (Å²) < 4.78 is 56.0. The summed E-state index contributed by atoms with van der Waals surface area (Å²) in [6, 6.07) is 9.76. The largest absolute Gasteiger partial charge is 0.477 e. The number of anilines is 2. The number of benzene rings is 1. The number of hydrogen-bond donors (Lipinski definition) is 1. The standard InChI is InChI=1S/C30H32F2N4O5S2/c31-21-8-6-20(7-9-21)26-14-24(29(42-26)30(38)39)36-25(19-4-2-1-3-5-19)17-35(18-28(36)37)43(40,41)23-10-11-27(33-15-23)34-13-12-22(32)16-34/h6-11,14-15,19,22,25H,1-5,12-13,16-18H2,(H,38,39). The van der Waals surface area contributed by atoms with Crippen molar-refractivity contribution in [1.29, 1.82) is 0 Å². The fraction of sp³-hybridized carbons (Fsp3) is 0.433. The Morgan fingerprint density at radius 3 is 2.40 bits per heavy atom. The Morgan fingerprint density at radius 1 is 1.02 bits per heavy atom. The van der Waals surface area contributed by atoms with Crippen LogP contribution < -0.4 is 9.80 Å². The Morgan fingerprint density at radius 2 is 1.77 bits per heavy atom. The lowest BCUT2D eigenvalue weighted by atomic mass is 9.82. The molecule has 3 aromatic rings. The smallest absolute Gasteiger partial charge is 0.348 e. The molecular formula is C30H32F2N4O5S2. The lowest BCUT2D eigenvalue weighted by Crippen LogP contribution is -2.60. The van der Waals surface area contributed by atoms with Crippen LogP contribution in [0.5, 0.6) is 0 Å². The summed E-state index contributed by atoms with van der Waals surface area (Å²) in [5.74, 6) is -1.64. The number of carbonyl (C=O) groups excluding carboxylic acids is 1. The molecule has 4 heterocycles. The number of alkyl halides is 1. The molecule has 0 spiro atoms. The van der Waals surface area contributed by atoms with Crippen LogP contribution in [0.1, 0.15) is 48.2 Å². The highest BCUT2D eigenvalue weighted by atomic mass is 32.2. The molecule has 2 aromatic heterocycles. The average Bonchev–Trinajstić information content (AvgIpc) is 3.64. The topological polar surface area (TPSA) is 111 Å². The van der Waals surface area contributed by atoms with E-state index in [9.17, 15) is 31.9 Å². The van der Waals surface area contributed by atoms with E-state index in [1.165, 1.54) is 33.6 Å². The minimum Gasteiger partial charge on any atom is -0.477 e. The molecule has 3 aliphatic rings. The normalized spacial score (nSPS) is 22.3. The van der Waals surface area contributed by atoms with Crippen molar-refractivity contribution in [3.63, 3.8) is 0 Å². The van der Waals surface area contributed by atoms with E-state index in [1.807, 2.05) is 0 Å². The van der Waals surface area contributed by atoms with Crippen molar-refractivity contribution in [2.24, 2.45) is 5.92 Å². The summed E-state index contributed by atoms with van der Waals surface area (Å²) in [5.41, 5.74) is 0.854. The fourth-order valence-corrected chi connectivity index (χ4v) is 8.75. The van der Waals surface area contributed by atoms with Crippen molar-refractivity contribution in [2.45, 2.75) is 55.6 Å². The minimum absolute atomic E-state index is 0.0108. The van der Waals surface area contributed by atoms with Crippen LogP contribution in [0.15, 0.2) is 53.6 Å². The van der Waals surface area contributed by atoms with Gasteiger partial charge in [0.25, 0.3) is 0 Å². The molecule has 2 unspecified atom stereocenters. The lowest BCUT2D eigenvalue weighted by molar-refractivity contribution is -0.121. The molecule has 1 aliphatic carbocycles. The molecule has 1 saturated carbocycles. The molecule has 2 aliphatic heterocycles. The number of carboxylic acid groups (broad SMARTS) is 1. The zero-order chi connectivity index (χ0) is 30.3. The molecule has 3 fully saturated rings. The SMILES string of the molecule is O=C(O)c1sc(-c2ccc(F)cc2)cc1N1C(=O)CN(S(=O)(=O)c2ccc(N3CCC(F)C3)nc2)CC1C1CCCCC1. The van der Waals surface area contributed by atoms with Crippen molar-refractivity contribution in [3.05, 3.63) is 59.4 Å². The first kappa shape index (κ1) is 29.6. The molecule has 1 aromatic carbocycles. The minimum atomic E-state index is -4.11. The van der Waals surface area contributed by atoms with E-state index in [0.29, 0.717) is 29.2 Å². The maximum atomic E-state index is 13.9. The Bertz CT molecular complexity index is 1610. The number of nitrogens with zero attached hydrogens (tertiary/aromatic N) is 4. The van der Waals surface area contributed by atoms with E-state index in [4.69, 9.17) is 0 Å². The summed E-state index contributed by atoms with van der Waals surface area (Å²) >= 11 is 1.00. The number of amides is 1. The number of pyridine rings is 1. The number of carboxylic acids is 1. The van der Waals surface area contributed by atoms with Crippen LogP contribution in [0.4, 0.5) is 20.3 Å². The molecule has 6 rings (SSSR count). The van der Waals surface area contributed by atoms with Crippen LogP contribution in [0, 0.1) is 11.7 Å². The molecule has 228 valence electrons. The molecule has 1 amide bonds. The van der Waals surface area contributed by atoms with E-state index in [2.05, 4.69) is 4.98 Å². The second-order valence-corrected chi connectivity index (χ2v) is 14.3. The molecule has 2 saturated heterocycles. The number of carbonyl (C=O) groups is 2. The third-order valence-electron chi connectivity index (χ3n) is 8.60. The summed E-state index contributed by atoms with van der Waals surface area (Å²) in [5, 5.41) is 10.1. The molecular weight excluding hydrogens is 598 g/mol. The third-order valence-corrected chi connectivity index (χ3v) is 11.6. The van der Waals surface area contributed by atoms with E-state index in [-0.39, 0.29) is 34.5 Å². The second kappa shape index (κ2) is 11.9. The summed E-state index contributed by atoms with van der Waals surface area (Å²) in [6.45, 7) is 0.271. The summed E-state index contributed by atoms with van der Waals surface area (Å²) in [7, 11) is -4.11. The predicted octanol–water partition coefficient (Wildman–Crippen LogP) is 5.18. The molecule has 0 bridgehead atoms. The van der Waals surface area contributed by atoms with Gasteiger partial charge in [-0.3, -0.25) is 4.79 Å². The van der Waals surface area contributed by atoms with Gasteiger partial charge in [-0.1, -0.05) is 31.4 Å². The zero-order valence-corrected chi connectivity index (χ0v) is 25.0. The van der Waals surface area contributed by atoms with Crippen molar-refractivity contribution in [3.8, 4) is 10.4 Å². The van der Waals surface area contributed by atoms with Gasteiger partial charge in [-0.25, -0.2) is 27.0 Å². The maximum absolute atomic E-state index is 13.9. The van der Waals surface area contributed by atoms with E-state index in [1.54, 1.807) is 29.2 Å². The van der Waals surface area contributed by atoms with Gasteiger partial charge in [0.1, 0.15) is 27.6 Å². The molecule has 43 heavy (non-hydrogen) atoms. The number of rotatable bonds is 7. The summed E-state index contributed by atoms with van der Waals surface area (Å²) in [4.78, 5) is 34.3. The Kier molecular flexibility index (Phi) is 8.22. The quantitative estimate of drug-likeness (QED) is 0.383. The highest BCUT2D eigenvalue weighted by Crippen LogP contribution is 2.42. The van der Waals surface area contributed by atoms with Crippen LogP contribution in [0.25, 0.3) is 10.4 Å². The predicted molar refractivity (Wildman–Crippen MR) is 159 cm³/mol. The Labute approximate surface area is 252 Å². The van der Waals surface area contributed by atoms with Crippen LogP contribution in [-0.2, 0) is 14.8 Å².